The molecular formula is C24H32N4O3. The maximum atomic E-state index is 13.7. The fourth-order valence-electron chi connectivity index (χ4n) is 6.24. The molecule has 0 radical (unpaired) electrons. The van der Waals surface area contributed by atoms with Crippen molar-refractivity contribution in [3.05, 3.63) is 30.6 Å². The zero-order chi connectivity index (χ0) is 20.8. The molecule has 4 heterocycles. The quantitative estimate of drug-likeness (QED) is 0.758. The Morgan fingerprint density at radius 1 is 0.968 bits per heavy atom. The number of carbonyl (C=O) groups excluding carboxylic acids is 1. The minimum Gasteiger partial charge on any atom is -0.371 e. The number of carbonyl (C=O) groups is 1. The highest BCUT2D eigenvalue weighted by Crippen LogP contribution is 2.40. The highest BCUT2D eigenvalue weighted by molar-refractivity contribution is 5.87. The van der Waals surface area contributed by atoms with Crippen LogP contribution in [-0.4, -0.2) is 82.4 Å². The number of aromatic nitrogens is 2. The van der Waals surface area contributed by atoms with E-state index in [2.05, 4.69) is 20.5 Å². The standard InChI is InChI=1S/C24H32N4O3/c29-23(24(9-3-4-10-24)27-11-5-6-12-27)26-13-21-22(14-26)31-16-18(15-30-21)28-17-25-19-7-1-2-8-20(19)28/h1-2,7-8,17-18,21-22H,3-6,9-16H2/t21-,22-/m0/s1. The molecular weight excluding hydrogens is 392 g/mol. The van der Waals surface area contributed by atoms with Crippen LogP contribution in [0.1, 0.15) is 44.6 Å². The summed E-state index contributed by atoms with van der Waals surface area (Å²) in [7, 11) is 0. The fourth-order valence-corrected chi connectivity index (χ4v) is 6.24. The zero-order valence-corrected chi connectivity index (χ0v) is 18.1. The Labute approximate surface area is 183 Å². The van der Waals surface area contributed by atoms with Gasteiger partial charge in [-0.15, -0.1) is 0 Å². The van der Waals surface area contributed by atoms with Gasteiger partial charge in [0, 0.05) is 13.1 Å². The maximum Gasteiger partial charge on any atom is 0.243 e. The van der Waals surface area contributed by atoms with Gasteiger partial charge in [0.15, 0.2) is 0 Å². The third-order valence-electron chi connectivity index (χ3n) is 7.92. The molecule has 0 N–H and O–H groups in total. The van der Waals surface area contributed by atoms with Crippen LogP contribution in [0.3, 0.4) is 0 Å². The number of hydrogen-bond donors (Lipinski definition) is 0. The highest BCUT2D eigenvalue weighted by atomic mass is 16.6. The van der Waals surface area contributed by atoms with Crippen molar-refractivity contribution in [1.29, 1.82) is 0 Å². The predicted molar refractivity (Wildman–Crippen MR) is 117 cm³/mol. The summed E-state index contributed by atoms with van der Waals surface area (Å²) in [6.07, 6.45) is 8.59. The van der Waals surface area contributed by atoms with Crippen LogP contribution in [0.5, 0.6) is 0 Å². The number of rotatable bonds is 3. The van der Waals surface area contributed by atoms with E-state index in [0.717, 1.165) is 49.8 Å². The number of likely N-dealkylation sites (tertiary alicyclic amines) is 2. The Kier molecular flexibility index (Phi) is 5.00. The first-order valence-corrected chi connectivity index (χ1v) is 11.9. The molecule has 1 amide bonds. The Morgan fingerprint density at radius 2 is 1.65 bits per heavy atom. The van der Waals surface area contributed by atoms with E-state index in [1.54, 1.807) is 0 Å². The van der Waals surface area contributed by atoms with Crippen molar-refractivity contribution in [2.75, 3.05) is 39.4 Å². The molecule has 7 nitrogen and oxygen atoms in total. The van der Waals surface area contributed by atoms with Crippen molar-refractivity contribution >= 4 is 16.9 Å². The van der Waals surface area contributed by atoms with Crippen molar-refractivity contribution in [2.24, 2.45) is 0 Å². The first-order valence-electron chi connectivity index (χ1n) is 11.9. The smallest absolute Gasteiger partial charge is 0.243 e. The van der Waals surface area contributed by atoms with E-state index in [1.165, 1.54) is 12.8 Å². The monoisotopic (exact) mass is 424 g/mol. The molecule has 2 atom stereocenters. The molecule has 4 fully saturated rings. The molecule has 0 spiro atoms. The van der Waals surface area contributed by atoms with Gasteiger partial charge in [-0.05, 0) is 50.9 Å². The van der Waals surface area contributed by atoms with Crippen LogP contribution in [0.15, 0.2) is 30.6 Å². The van der Waals surface area contributed by atoms with Gasteiger partial charge in [0.05, 0.1) is 36.6 Å². The lowest BCUT2D eigenvalue weighted by atomic mass is 9.93. The lowest BCUT2D eigenvalue weighted by molar-refractivity contribution is -0.143. The molecule has 3 saturated heterocycles. The molecule has 4 aliphatic rings. The van der Waals surface area contributed by atoms with Crippen LogP contribution in [0, 0.1) is 0 Å². The highest BCUT2D eigenvalue weighted by Gasteiger charge is 2.51. The Balaban J connectivity index is 1.15. The SMILES string of the molecule is O=C(N1C[C@@H]2OCC(n3cnc4ccccc43)CO[C@H]2C1)C1(N2CCCC2)CCCC1. The molecule has 1 aromatic carbocycles. The maximum absolute atomic E-state index is 13.7. The average molecular weight is 425 g/mol. The second kappa shape index (κ2) is 7.87. The zero-order valence-electron chi connectivity index (χ0n) is 18.1. The number of fused-ring (bicyclic) bond motifs is 2. The van der Waals surface area contributed by atoms with E-state index in [9.17, 15) is 4.79 Å². The lowest BCUT2D eigenvalue weighted by Gasteiger charge is -2.40. The summed E-state index contributed by atoms with van der Waals surface area (Å²) in [6, 6.07) is 8.27. The molecule has 2 aromatic rings. The topological polar surface area (TPSA) is 59.8 Å². The predicted octanol–water partition coefficient (Wildman–Crippen LogP) is 2.61. The van der Waals surface area contributed by atoms with Crippen molar-refractivity contribution in [3.63, 3.8) is 0 Å². The van der Waals surface area contributed by atoms with Crippen molar-refractivity contribution in [3.8, 4) is 0 Å². The van der Waals surface area contributed by atoms with Crippen LogP contribution in [0.4, 0.5) is 0 Å². The summed E-state index contributed by atoms with van der Waals surface area (Å²) in [5.41, 5.74) is 1.84. The Morgan fingerprint density at radius 3 is 2.35 bits per heavy atom. The molecule has 1 saturated carbocycles. The van der Waals surface area contributed by atoms with Crippen LogP contribution < -0.4 is 0 Å². The summed E-state index contributed by atoms with van der Waals surface area (Å²) in [5, 5.41) is 0. The first-order chi connectivity index (χ1) is 15.2. The molecule has 1 aliphatic carbocycles. The van der Waals surface area contributed by atoms with E-state index in [1.807, 2.05) is 29.4 Å². The largest absolute Gasteiger partial charge is 0.371 e. The van der Waals surface area contributed by atoms with Crippen LogP contribution >= 0.6 is 0 Å². The van der Waals surface area contributed by atoms with Crippen molar-refractivity contribution in [2.45, 2.75) is 62.3 Å². The summed E-state index contributed by atoms with van der Waals surface area (Å²) in [6.45, 7) is 4.61. The minimum absolute atomic E-state index is 0.0410. The van der Waals surface area contributed by atoms with Gasteiger partial charge in [0.25, 0.3) is 0 Å². The van der Waals surface area contributed by atoms with E-state index in [-0.39, 0.29) is 23.8 Å². The van der Waals surface area contributed by atoms with Crippen molar-refractivity contribution < 1.29 is 14.3 Å². The molecule has 0 bridgehead atoms. The van der Waals surface area contributed by atoms with Gasteiger partial charge < -0.3 is 18.9 Å². The summed E-state index contributed by atoms with van der Waals surface area (Å²) >= 11 is 0. The number of hydrogen-bond acceptors (Lipinski definition) is 5. The molecule has 7 heteroatoms. The molecule has 31 heavy (non-hydrogen) atoms. The number of imidazole rings is 1. The molecule has 166 valence electrons. The summed E-state index contributed by atoms with van der Waals surface area (Å²) in [5.74, 6) is 0.323. The normalized spacial score (nSPS) is 29.5. The van der Waals surface area contributed by atoms with Crippen molar-refractivity contribution in [1.82, 2.24) is 19.4 Å². The fraction of sp³-hybridized carbons (Fsp3) is 0.667. The van der Waals surface area contributed by atoms with Gasteiger partial charge in [-0.25, -0.2) is 4.98 Å². The Hall–Kier alpha value is -1.96. The van der Waals surface area contributed by atoms with E-state index in [4.69, 9.17) is 9.47 Å². The van der Waals surface area contributed by atoms with Crippen LogP contribution in [-0.2, 0) is 14.3 Å². The van der Waals surface area contributed by atoms with Gasteiger partial charge in [-0.2, -0.15) is 0 Å². The lowest BCUT2D eigenvalue weighted by Crippen LogP contribution is -2.57. The minimum atomic E-state index is -0.266. The Bertz CT molecular complexity index is 931. The molecule has 3 aliphatic heterocycles. The van der Waals surface area contributed by atoms with Crippen LogP contribution in [0.2, 0.25) is 0 Å². The molecule has 1 aromatic heterocycles. The van der Waals surface area contributed by atoms with Gasteiger partial charge in [0.2, 0.25) is 5.91 Å². The number of para-hydroxylation sites is 2. The number of nitrogens with zero attached hydrogens (tertiary/aromatic N) is 4. The number of amides is 1. The molecule has 6 rings (SSSR count). The average Bonchev–Trinajstić information content (AvgIpc) is 3.58. The van der Waals surface area contributed by atoms with Gasteiger partial charge in [-0.1, -0.05) is 25.0 Å². The second-order valence-corrected chi connectivity index (χ2v) is 9.68. The van der Waals surface area contributed by atoms with E-state index < -0.39 is 0 Å². The van der Waals surface area contributed by atoms with Gasteiger partial charge in [0.1, 0.15) is 17.7 Å². The molecule has 0 unspecified atom stereocenters. The van der Waals surface area contributed by atoms with Gasteiger partial charge in [-0.3, -0.25) is 9.69 Å². The second-order valence-electron chi connectivity index (χ2n) is 9.68. The summed E-state index contributed by atoms with van der Waals surface area (Å²) in [4.78, 5) is 22.8. The third kappa shape index (κ3) is 3.29. The first kappa shape index (κ1) is 19.7. The third-order valence-corrected chi connectivity index (χ3v) is 7.92. The number of ether oxygens (including phenoxy) is 2. The number of benzene rings is 1. The van der Waals surface area contributed by atoms with E-state index in [0.29, 0.717) is 32.2 Å². The van der Waals surface area contributed by atoms with E-state index >= 15 is 0 Å². The summed E-state index contributed by atoms with van der Waals surface area (Å²) < 4.78 is 14.8. The van der Waals surface area contributed by atoms with Crippen LogP contribution in [0.25, 0.3) is 11.0 Å². The van der Waals surface area contributed by atoms with Gasteiger partial charge >= 0.3 is 0 Å².